The van der Waals surface area contributed by atoms with Gasteiger partial charge in [0.1, 0.15) is 11.5 Å². The smallest absolute Gasteiger partial charge is 0.320 e. The first-order valence-corrected chi connectivity index (χ1v) is 14.7. The highest BCUT2D eigenvalue weighted by atomic mass is 19.1. The van der Waals surface area contributed by atoms with Gasteiger partial charge in [-0.3, -0.25) is 4.79 Å². The number of carbonyl (C=O) groups excluding carboxylic acids is 2. The number of aromatic nitrogens is 2. The summed E-state index contributed by atoms with van der Waals surface area (Å²) in [7, 11) is 0. The molecule has 4 heterocycles. The molecule has 6 rings (SSSR count). The van der Waals surface area contributed by atoms with E-state index in [0.29, 0.717) is 55.6 Å². The molecule has 1 aliphatic carbocycles. The standard InChI is InChI=1S/C29H39FN8O2/c30-29(11-13-32-14-12-29)20-7-9-21(10-8-20)34-27-25(26(31)39)33-18-24(35-27)36-15-3-6-23(19-36)38-17-16-37(28(38)40)22-4-1-2-5-22/h7-10,18,22-23,32H,1-6,11-17,19H2,(H2,31,39)(H,34,35). The number of benzene rings is 1. The van der Waals surface area contributed by atoms with Gasteiger partial charge in [0, 0.05) is 37.9 Å². The van der Waals surface area contributed by atoms with Crippen LogP contribution in [0.1, 0.15) is 67.4 Å². The predicted molar refractivity (Wildman–Crippen MR) is 151 cm³/mol. The van der Waals surface area contributed by atoms with E-state index in [9.17, 15) is 9.59 Å². The number of hydrogen-bond acceptors (Lipinski definition) is 7. The molecular formula is C29H39FN8O2. The molecule has 3 saturated heterocycles. The number of urea groups is 1. The molecule has 4 fully saturated rings. The van der Waals surface area contributed by atoms with Crippen LogP contribution in [0.25, 0.3) is 0 Å². The molecule has 1 aromatic carbocycles. The highest BCUT2D eigenvalue weighted by molar-refractivity contribution is 5.96. The molecule has 4 aliphatic rings. The van der Waals surface area contributed by atoms with Gasteiger partial charge in [-0.05, 0) is 69.3 Å². The van der Waals surface area contributed by atoms with Crippen molar-refractivity contribution in [1.29, 1.82) is 0 Å². The third-order valence-electron chi connectivity index (χ3n) is 9.05. The van der Waals surface area contributed by atoms with Gasteiger partial charge in [0.2, 0.25) is 0 Å². The van der Waals surface area contributed by atoms with Crippen molar-refractivity contribution in [2.45, 2.75) is 69.1 Å². The molecule has 214 valence electrons. The van der Waals surface area contributed by atoms with E-state index in [2.05, 4.69) is 25.4 Å². The number of anilines is 3. The lowest BCUT2D eigenvalue weighted by molar-refractivity contribution is 0.0996. The molecule has 10 nitrogen and oxygen atoms in total. The summed E-state index contributed by atoms with van der Waals surface area (Å²) >= 11 is 0. The number of amides is 3. The molecule has 0 spiro atoms. The molecule has 1 aromatic heterocycles. The summed E-state index contributed by atoms with van der Waals surface area (Å²) < 4.78 is 15.4. The Kier molecular flexibility index (Phi) is 7.48. The van der Waals surface area contributed by atoms with Crippen LogP contribution in [0.15, 0.2) is 30.5 Å². The first kappa shape index (κ1) is 26.7. The summed E-state index contributed by atoms with van der Waals surface area (Å²) in [4.78, 5) is 40.8. The third kappa shape index (κ3) is 5.31. The minimum Gasteiger partial charge on any atom is -0.364 e. The second kappa shape index (κ2) is 11.2. The van der Waals surface area contributed by atoms with Crippen molar-refractivity contribution in [1.82, 2.24) is 25.1 Å². The maximum absolute atomic E-state index is 15.4. The third-order valence-corrected chi connectivity index (χ3v) is 9.05. The zero-order chi connectivity index (χ0) is 27.7. The van der Waals surface area contributed by atoms with E-state index < -0.39 is 11.6 Å². The molecule has 1 unspecified atom stereocenters. The molecule has 1 atom stereocenters. The number of rotatable bonds is 7. The summed E-state index contributed by atoms with van der Waals surface area (Å²) in [6, 6.07) is 7.82. The van der Waals surface area contributed by atoms with Gasteiger partial charge in [0.05, 0.1) is 12.2 Å². The van der Waals surface area contributed by atoms with Crippen LogP contribution in [0.2, 0.25) is 0 Å². The largest absolute Gasteiger partial charge is 0.364 e. The Balaban J connectivity index is 1.17. The van der Waals surface area contributed by atoms with Gasteiger partial charge < -0.3 is 31.1 Å². The van der Waals surface area contributed by atoms with Crippen LogP contribution in [0.4, 0.5) is 26.5 Å². The maximum atomic E-state index is 15.4. The normalized spacial score (nSPS) is 23.6. The minimum atomic E-state index is -1.34. The summed E-state index contributed by atoms with van der Waals surface area (Å²) in [6.07, 6.45) is 9.00. The summed E-state index contributed by atoms with van der Waals surface area (Å²) in [5.74, 6) is 0.216. The van der Waals surface area contributed by atoms with E-state index in [0.717, 1.165) is 45.3 Å². The average Bonchev–Trinajstić information content (AvgIpc) is 3.63. The fraction of sp³-hybridized carbons (Fsp3) is 0.586. The van der Waals surface area contributed by atoms with Crippen LogP contribution >= 0.6 is 0 Å². The Morgan fingerprint density at radius 1 is 1.00 bits per heavy atom. The van der Waals surface area contributed by atoms with Crippen molar-refractivity contribution in [3.63, 3.8) is 0 Å². The van der Waals surface area contributed by atoms with E-state index in [1.54, 1.807) is 30.5 Å². The Labute approximate surface area is 234 Å². The fourth-order valence-corrected chi connectivity index (χ4v) is 6.78. The molecule has 0 bridgehead atoms. The van der Waals surface area contributed by atoms with E-state index in [-0.39, 0.29) is 23.6 Å². The zero-order valence-corrected chi connectivity index (χ0v) is 22.9. The molecule has 2 aromatic rings. The summed E-state index contributed by atoms with van der Waals surface area (Å²) in [5.41, 5.74) is 5.65. The molecule has 1 saturated carbocycles. The zero-order valence-electron chi connectivity index (χ0n) is 22.9. The number of piperidine rings is 2. The number of carbonyl (C=O) groups is 2. The van der Waals surface area contributed by atoms with Crippen molar-refractivity contribution in [2.75, 3.05) is 49.5 Å². The van der Waals surface area contributed by atoms with Crippen molar-refractivity contribution in [2.24, 2.45) is 5.73 Å². The van der Waals surface area contributed by atoms with Crippen LogP contribution in [-0.4, -0.2) is 83.1 Å². The van der Waals surface area contributed by atoms with Crippen LogP contribution in [0.5, 0.6) is 0 Å². The van der Waals surface area contributed by atoms with Gasteiger partial charge in [0.15, 0.2) is 11.5 Å². The number of primary amides is 1. The molecule has 0 radical (unpaired) electrons. The number of hydrogen-bond donors (Lipinski definition) is 3. The highest BCUT2D eigenvalue weighted by Gasteiger charge is 2.39. The molecule has 40 heavy (non-hydrogen) atoms. The monoisotopic (exact) mass is 550 g/mol. The minimum absolute atomic E-state index is 0.0450. The van der Waals surface area contributed by atoms with Crippen LogP contribution < -0.4 is 21.3 Å². The fourth-order valence-electron chi connectivity index (χ4n) is 6.78. The topological polar surface area (TPSA) is 120 Å². The van der Waals surface area contributed by atoms with Gasteiger partial charge in [-0.1, -0.05) is 25.0 Å². The Morgan fingerprint density at radius 3 is 2.38 bits per heavy atom. The molecule has 3 amide bonds. The van der Waals surface area contributed by atoms with Gasteiger partial charge >= 0.3 is 6.03 Å². The molecule has 3 aliphatic heterocycles. The van der Waals surface area contributed by atoms with E-state index in [4.69, 9.17) is 10.7 Å². The van der Waals surface area contributed by atoms with E-state index in [1.165, 1.54) is 12.8 Å². The predicted octanol–water partition coefficient (Wildman–Crippen LogP) is 3.52. The van der Waals surface area contributed by atoms with E-state index >= 15 is 4.39 Å². The number of nitrogens with one attached hydrogen (secondary N) is 2. The lowest BCUT2D eigenvalue weighted by atomic mass is 9.87. The first-order chi connectivity index (χ1) is 19.4. The molecule has 11 heteroatoms. The van der Waals surface area contributed by atoms with Gasteiger partial charge in [0.25, 0.3) is 5.91 Å². The number of nitrogens with two attached hydrogens (primary N) is 1. The van der Waals surface area contributed by atoms with Gasteiger partial charge in [-0.15, -0.1) is 0 Å². The number of alkyl halides is 1. The molecular weight excluding hydrogens is 511 g/mol. The van der Waals surface area contributed by atoms with Gasteiger partial charge in [-0.25, -0.2) is 19.2 Å². The molecule has 4 N–H and O–H groups in total. The van der Waals surface area contributed by atoms with Crippen molar-refractivity contribution < 1.29 is 14.0 Å². The maximum Gasteiger partial charge on any atom is 0.320 e. The van der Waals surface area contributed by atoms with Crippen LogP contribution in [-0.2, 0) is 5.67 Å². The highest BCUT2D eigenvalue weighted by Crippen LogP contribution is 2.36. The van der Waals surface area contributed by atoms with Gasteiger partial charge in [-0.2, -0.15) is 0 Å². The SMILES string of the molecule is NC(=O)c1ncc(N2CCCC(N3CCN(C4CCCC4)C3=O)C2)nc1Nc1ccc(C2(F)CCNCC2)cc1. The van der Waals surface area contributed by atoms with Crippen molar-refractivity contribution >= 4 is 29.3 Å². The van der Waals surface area contributed by atoms with E-state index in [1.807, 2.05) is 4.90 Å². The van der Waals surface area contributed by atoms with Crippen LogP contribution in [0.3, 0.4) is 0 Å². The summed E-state index contributed by atoms with van der Waals surface area (Å²) in [5, 5.41) is 6.38. The number of halogens is 1. The Hall–Kier alpha value is -3.47. The summed E-state index contributed by atoms with van der Waals surface area (Å²) in [6.45, 7) is 4.33. The quantitative estimate of drug-likeness (QED) is 0.483. The van der Waals surface area contributed by atoms with Crippen molar-refractivity contribution in [3.05, 3.63) is 41.7 Å². The number of nitrogens with zero attached hydrogens (tertiary/aromatic N) is 5. The first-order valence-electron chi connectivity index (χ1n) is 14.7. The lowest BCUT2D eigenvalue weighted by Gasteiger charge is -2.38. The second-order valence-corrected chi connectivity index (χ2v) is 11.6. The Bertz CT molecular complexity index is 1230. The average molecular weight is 551 g/mol. The Morgan fingerprint density at radius 2 is 1.68 bits per heavy atom. The second-order valence-electron chi connectivity index (χ2n) is 11.6. The lowest BCUT2D eigenvalue weighted by Crippen LogP contribution is -2.50. The van der Waals surface area contributed by atoms with Crippen molar-refractivity contribution in [3.8, 4) is 0 Å². The van der Waals surface area contributed by atoms with Crippen LogP contribution in [0, 0.1) is 0 Å².